The number of nitrogens with one attached hydrogen (secondary N) is 1. The van der Waals surface area contributed by atoms with Crippen molar-refractivity contribution >= 4 is 30.6 Å². The van der Waals surface area contributed by atoms with Crippen LogP contribution in [0.5, 0.6) is 0 Å². The normalized spacial score (nSPS) is 19.1. The van der Waals surface area contributed by atoms with Gasteiger partial charge in [0.15, 0.2) is 0 Å². The van der Waals surface area contributed by atoms with E-state index in [0.29, 0.717) is 6.04 Å². The average molecular weight is 264 g/mol. The minimum Gasteiger partial charge on any atom is -0.351 e. The molecule has 1 aromatic rings. The topological polar surface area (TPSA) is 41.1 Å². The van der Waals surface area contributed by atoms with E-state index in [1.807, 2.05) is 24.9 Å². The van der Waals surface area contributed by atoms with Crippen LogP contribution in [-0.4, -0.2) is 39.7 Å². The first kappa shape index (κ1) is 13.4. The van der Waals surface area contributed by atoms with Gasteiger partial charge >= 0.3 is 0 Å². The van der Waals surface area contributed by atoms with Crippen molar-refractivity contribution in [3.63, 3.8) is 0 Å². The summed E-state index contributed by atoms with van der Waals surface area (Å²) in [5.74, 6) is 0.720. The average Bonchev–Trinajstić information content (AvgIpc) is 2.42. The van der Waals surface area contributed by atoms with E-state index in [0.717, 1.165) is 42.4 Å². The summed E-state index contributed by atoms with van der Waals surface area (Å²) in [5, 5.41) is 5.21. The Balaban J connectivity index is 2.00. The molecule has 1 N–H and O–H groups in total. The minimum atomic E-state index is 0.480. The summed E-state index contributed by atoms with van der Waals surface area (Å²) < 4.78 is 2.39. The molecule has 0 aromatic carbocycles. The second-order valence-corrected chi connectivity index (χ2v) is 5.30. The lowest BCUT2D eigenvalue weighted by atomic mass is 10.1. The van der Waals surface area contributed by atoms with Crippen molar-refractivity contribution in [2.75, 3.05) is 24.7 Å². The first-order valence-electron chi connectivity index (χ1n) is 6.27. The van der Waals surface area contributed by atoms with Gasteiger partial charge in [0.1, 0.15) is 0 Å². The molecule has 98 valence electrons. The fourth-order valence-electron chi connectivity index (χ4n) is 2.10. The van der Waals surface area contributed by atoms with Crippen molar-refractivity contribution in [2.45, 2.75) is 25.8 Å². The highest BCUT2D eigenvalue weighted by Gasteiger charge is 2.18. The van der Waals surface area contributed by atoms with E-state index in [1.54, 1.807) is 6.20 Å². The van der Waals surface area contributed by atoms with Gasteiger partial charge in [-0.15, -0.1) is 0 Å². The van der Waals surface area contributed by atoms with Crippen molar-refractivity contribution in [3.8, 4) is 0 Å². The number of hydrogen-bond acceptors (Lipinski definition) is 5. The van der Waals surface area contributed by atoms with E-state index < -0.39 is 0 Å². The number of piperidine rings is 1. The van der Waals surface area contributed by atoms with Gasteiger partial charge in [-0.3, -0.25) is 4.31 Å². The highest BCUT2D eigenvalue weighted by molar-refractivity contribution is 7.96. The van der Waals surface area contributed by atoms with E-state index in [-0.39, 0.29) is 0 Å². The van der Waals surface area contributed by atoms with Crippen LogP contribution >= 0.6 is 11.9 Å². The van der Waals surface area contributed by atoms with E-state index in [2.05, 4.69) is 32.4 Å². The fourth-order valence-corrected chi connectivity index (χ4v) is 2.68. The van der Waals surface area contributed by atoms with Gasteiger partial charge in [0.05, 0.1) is 5.35 Å². The molecule has 2 heterocycles. The van der Waals surface area contributed by atoms with Crippen LogP contribution in [0.1, 0.15) is 19.8 Å². The summed E-state index contributed by atoms with van der Waals surface area (Å²) in [6.45, 7) is 8.12. The van der Waals surface area contributed by atoms with Gasteiger partial charge in [0, 0.05) is 30.5 Å². The van der Waals surface area contributed by atoms with Gasteiger partial charge < -0.3 is 5.32 Å². The second kappa shape index (κ2) is 6.20. The van der Waals surface area contributed by atoms with Crippen LogP contribution in [0.3, 0.4) is 0 Å². The summed E-state index contributed by atoms with van der Waals surface area (Å²) in [7, 11) is 0. The largest absolute Gasteiger partial charge is 0.351 e. The molecule has 2 rings (SSSR count). The quantitative estimate of drug-likeness (QED) is 0.820. The smallest absolute Gasteiger partial charge is 0.223 e. The first-order chi connectivity index (χ1) is 8.72. The monoisotopic (exact) mass is 264 g/mol. The molecular weight excluding hydrogens is 244 g/mol. The van der Waals surface area contributed by atoms with E-state index in [1.165, 1.54) is 0 Å². The Morgan fingerprint density at radius 1 is 1.50 bits per heavy atom. The molecule has 1 aromatic heterocycles. The lowest BCUT2D eigenvalue weighted by molar-refractivity contribution is 0.358. The minimum absolute atomic E-state index is 0.480. The number of aromatic nitrogens is 2. The molecule has 0 amide bonds. The summed E-state index contributed by atoms with van der Waals surface area (Å²) in [6.07, 6.45) is 8.16. The van der Waals surface area contributed by atoms with Crippen molar-refractivity contribution < 1.29 is 0 Å². The lowest BCUT2D eigenvalue weighted by Crippen LogP contribution is -2.37. The van der Waals surface area contributed by atoms with Gasteiger partial charge in [-0.25, -0.2) is 9.97 Å². The summed E-state index contributed by atoms with van der Waals surface area (Å²) in [6, 6.07) is 0.480. The third-order valence-electron chi connectivity index (χ3n) is 3.22. The predicted octanol–water partition coefficient (Wildman–Crippen LogP) is 0.842. The molecule has 0 atom stereocenters. The summed E-state index contributed by atoms with van der Waals surface area (Å²) in [5.41, 5.74) is 0. The van der Waals surface area contributed by atoms with Crippen LogP contribution in [0.25, 0.3) is 12.7 Å². The Morgan fingerprint density at radius 2 is 2.22 bits per heavy atom. The number of nitrogens with zero attached hydrogens (tertiary/aromatic N) is 3. The van der Waals surface area contributed by atoms with Crippen molar-refractivity contribution in [1.29, 1.82) is 0 Å². The highest BCUT2D eigenvalue weighted by atomic mass is 32.2. The molecule has 1 aliphatic rings. The van der Waals surface area contributed by atoms with Crippen LogP contribution in [0, 0.1) is 0 Å². The Bertz CT molecular complexity index is 494. The summed E-state index contributed by atoms with van der Waals surface area (Å²) >= 11 is 1.82. The summed E-state index contributed by atoms with van der Waals surface area (Å²) in [4.78, 5) is 8.76. The van der Waals surface area contributed by atoms with Crippen LogP contribution < -0.4 is 15.9 Å². The van der Waals surface area contributed by atoms with Gasteiger partial charge in [-0.2, -0.15) is 0 Å². The highest BCUT2D eigenvalue weighted by Crippen LogP contribution is 2.17. The zero-order valence-corrected chi connectivity index (χ0v) is 11.8. The molecule has 0 saturated carbocycles. The van der Waals surface area contributed by atoms with Gasteiger partial charge in [-0.05, 0) is 26.0 Å². The third-order valence-corrected chi connectivity index (χ3v) is 4.10. The number of rotatable bonds is 3. The Labute approximate surface area is 112 Å². The molecule has 5 heteroatoms. The molecule has 1 fully saturated rings. The van der Waals surface area contributed by atoms with E-state index in [4.69, 9.17) is 0 Å². The number of hydrogen-bond donors (Lipinski definition) is 1. The molecule has 18 heavy (non-hydrogen) atoms. The van der Waals surface area contributed by atoms with Gasteiger partial charge in [-0.1, -0.05) is 24.6 Å². The molecule has 1 aliphatic heterocycles. The molecule has 0 spiro atoms. The molecule has 0 bridgehead atoms. The molecule has 1 saturated heterocycles. The SMILES string of the molecule is C=c1cnc(NC2CCN(SC)CC2)n/c1=C\C. The second-order valence-electron chi connectivity index (χ2n) is 4.42. The maximum absolute atomic E-state index is 4.46. The lowest BCUT2D eigenvalue weighted by Gasteiger charge is -2.30. The third kappa shape index (κ3) is 3.23. The number of anilines is 1. The van der Waals surface area contributed by atoms with Crippen LogP contribution in [0.4, 0.5) is 5.95 Å². The van der Waals surface area contributed by atoms with Gasteiger partial charge in [0.25, 0.3) is 0 Å². The first-order valence-corrected chi connectivity index (χ1v) is 7.45. The van der Waals surface area contributed by atoms with E-state index >= 15 is 0 Å². The molecule has 0 unspecified atom stereocenters. The Hall–Kier alpha value is -1.07. The van der Waals surface area contributed by atoms with Crippen LogP contribution in [0.15, 0.2) is 6.20 Å². The van der Waals surface area contributed by atoms with Crippen molar-refractivity contribution in [2.24, 2.45) is 0 Å². The fraction of sp³-hybridized carbons (Fsp3) is 0.538. The Morgan fingerprint density at radius 3 is 2.83 bits per heavy atom. The maximum Gasteiger partial charge on any atom is 0.223 e. The zero-order chi connectivity index (χ0) is 13.0. The van der Waals surface area contributed by atoms with Crippen LogP contribution in [-0.2, 0) is 0 Å². The standard InChI is InChI=1S/C13H20N4S/c1-4-12-10(2)9-14-13(16-12)15-11-5-7-17(18-3)8-6-11/h4,9,11H,2,5-8H2,1,3H3,(H,15,16)/b12-4-. The van der Waals surface area contributed by atoms with Crippen molar-refractivity contribution in [1.82, 2.24) is 14.3 Å². The predicted molar refractivity (Wildman–Crippen MR) is 78.7 cm³/mol. The molecular formula is C13H20N4S. The van der Waals surface area contributed by atoms with E-state index in [9.17, 15) is 0 Å². The Kier molecular flexibility index (Phi) is 4.60. The van der Waals surface area contributed by atoms with Crippen molar-refractivity contribution in [3.05, 3.63) is 16.8 Å². The molecule has 4 nitrogen and oxygen atoms in total. The molecule has 0 radical (unpaired) electrons. The maximum atomic E-state index is 4.46. The van der Waals surface area contributed by atoms with Gasteiger partial charge in [0.2, 0.25) is 5.95 Å². The molecule has 0 aliphatic carbocycles. The zero-order valence-electron chi connectivity index (χ0n) is 11.0. The van der Waals surface area contributed by atoms with Crippen LogP contribution in [0.2, 0.25) is 0 Å².